The summed E-state index contributed by atoms with van der Waals surface area (Å²) in [6.45, 7) is 0. The fraction of sp³-hybridized carbons (Fsp3) is 0.182. The molecule has 1 aliphatic rings. The Balaban J connectivity index is 1.43. The Hall–Kier alpha value is -2.43. The van der Waals surface area contributed by atoms with Crippen molar-refractivity contribution in [2.45, 2.75) is 25.7 Å². The lowest BCUT2D eigenvalue weighted by atomic mass is 9.90. The number of thiazole rings is 1. The molecule has 1 aromatic heterocycles. The molecule has 0 spiro atoms. The molecular weight excluding hydrogens is 376 g/mol. The molecular formula is C22H19ClN2OS. The van der Waals surface area contributed by atoms with Crippen LogP contribution in [0, 0.1) is 0 Å². The van der Waals surface area contributed by atoms with Gasteiger partial charge >= 0.3 is 0 Å². The predicted molar refractivity (Wildman–Crippen MR) is 113 cm³/mol. The molecule has 1 N–H and O–H groups in total. The first kappa shape index (κ1) is 18.0. The molecule has 1 amide bonds. The summed E-state index contributed by atoms with van der Waals surface area (Å²) in [4.78, 5) is 16.7. The molecule has 0 radical (unpaired) electrons. The highest BCUT2D eigenvalue weighted by molar-refractivity contribution is 7.14. The van der Waals surface area contributed by atoms with E-state index in [0.29, 0.717) is 10.2 Å². The summed E-state index contributed by atoms with van der Waals surface area (Å²) < 4.78 is 0. The van der Waals surface area contributed by atoms with Gasteiger partial charge in [-0.3, -0.25) is 10.1 Å². The number of amides is 1. The molecule has 0 aliphatic heterocycles. The molecule has 3 aromatic rings. The Kier molecular flexibility index (Phi) is 5.37. The van der Waals surface area contributed by atoms with E-state index in [1.54, 1.807) is 18.2 Å². The van der Waals surface area contributed by atoms with E-state index in [0.717, 1.165) is 23.2 Å². The lowest BCUT2D eigenvalue weighted by Crippen LogP contribution is -2.07. The summed E-state index contributed by atoms with van der Waals surface area (Å²) in [5.41, 5.74) is 5.84. The maximum atomic E-state index is 12.1. The summed E-state index contributed by atoms with van der Waals surface area (Å²) in [5, 5.41) is 6.10. The second-order valence-corrected chi connectivity index (χ2v) is 7.90. The van der Waals surface area contributed by atoms with Crippen molar-refractivity contribution in [1.29, 1.82) is 0 Å². The molecule has 0 unspecified atom stereocenters. The van der Waals surface area contributed by atoms with Gasteiger partial charge in [0.05, 0.1) is 5.69 Å². The van der Waals surface area contributed by atoms with Gasteiger partial charge in [0.2, 0.25) is 5.91 Å². The van der Waals surface area contributed by atoms with Crippen LogP contribution in [0.5, 0.6) is 0 Å². The lowest BCUT2D eigenvalue weighted by Gasteiger charge is -2.16. The highest BCUT2D eigenvalue weighted by Crippen LogP contribution is 2.29. The third-order valence-electron chi connectivity index (χ3n) is 4.68. The number of hydrogen-bond donors (Lipinski definition) is 1. The number of carbonyl (C=O) groups is 1. The Bertz CT molecular complexity index is 992. The van der Waals surface area contributed by atoms with Gasteiger partial charge in [0.15, 0.2) is 5.13 Å². The number of halogens is 1. The van der Waals surface area contributed by atoms with Gasteiger partial charge in [-0.05, 0) is 66.6 Å². The van der Waals surface area contributed by atoms with Crippen molar-refractivity contribution in [3.8, 4) is 11.3 Å². The van der Waals surface area contributed by atoms with Crippen LogP contribution in [0.4, 0.5) is 5.13 Å². The van der Waals surface area contributed by atoms with Crippen molar-refractivity contribution in [3.63, 3.8) is 0 Å². The van der Waals surface area contributed by atoms with Crippen LogP contribution in [0.3, 0.4) is 0 Å². The Morgan fingerprint density at radius 2 is 1.85 bits per heavy atom. The van der Waals surface area contributed by atoms with E-state index in [4.69, 9.17) is 11.6 Å². The minimum Gasteiger partial charge on any atom is -0.298 e. The third-order valence-corrected chi connectivity index (χ3v) is 5.69. The molecule has 1 aliphatic carbocycles. The molecule has 4 rings (SSSR count). The molecule has 136 valence electrons. The first-order chi connectivity index (χ1) is 13.2. The maximum absolute atomic E-state index is 12.1. The predicted octanol–water partition coefficient (Wildman–Crippen LogP) is 5.99. The fourth-order valence-corrected chi connectivity index (χ4v) is 4.10. The second-order valence-electron chi connectivity index (χ2n) is 6.60. The zero-order valence-corrected chi connectivity index (χ0v) is 16.3. The molecule has 27 heavy (non-hydrogen) atoms. The number of benzene rings is 2. The number of anilines is 1. The molecule has 0 saturated heterocycles. The van der Waals surface area contributed by atoms with Crippen molar-refractivity contribution in [1.82, 2.24) is 4.98 Å². The number of rotatable bonds is 4. The molecule has 0 saturated carbocycles. The van der Waals surface area contributed by atoms with Crippen LogP contribution in [0.25, 0.3) is 17.3 Å². The van der Waals surface area contributed by atoms with Gasteiger partial charge in [0, 0.05) is 22.0 Å². The van der Waals surface area contributed by atoms with E-state index >= 15 is 0 Å². The summed E-state index contributed by atoms with van der Waals surface area (Å²) in [5.74, 6) is -0.198. The minimum absolute atomic E-state index is 0.198. The number of aromatic nitrogens is 1. The van der Waals surface area contributed by atoms with Crippen molar-refractivity contribution >= 4 is 40.1 Å². The molecule has 2 aromatic carbocycles. The Morgan fingerprint density at radius 3 is 2.67 bits per heavy atom. The van der Waals surface area contributed by atoms with E-state index in [2.05, 4.69) is 28.5 Å². The average Bonchev–Trinajstić information content (AvgIpc) is 3.15. The van der Waals surface area contributed by atoms with Gasteiger partial charge < -0.3 is 0 Å². The fourth-order valence-electron chi connectivity index (χ4n) is 3.25. The van der Waals surface area contributed by atoms with Crippen LogP contribution in [-0.2, 0) is 17.6 Å². The van der Waals surface area contributed by atoms with Crippen LogP contribution in [0.2, 0.25) is 5.02 Å². The van der Waals surface area contributed by atoms with Crippen LogP contribution in [0.1, 0.15) is 29.5 Å². The van der Waals surface area contributed by atoms with Crippen LogP contribution in [0.15, 0.2) is 53.9 Å². The minimum atomic E-state index is -0.198. The summed E-state index contributed by atoms with van der Waals surface area (Å²) in [6.07, 6.45) is 8.12. The Labute approximate surface area is 167 Å². The van der Waals surface area contributed by atoms with Gasteiger partial charge in [0.25, 0.3) is 0 Å². The highest BCUT2D eigenvalue weighted by atomic mass is 35.5. The summed E-state index contributed by atoms with van der Waals surface area (Å²) in [7, 11) is 0. The number of nitrogens with one attached hydrogen (secondary N) is 1. The zero-order valence-electron chi connectivity index (χ0n) is 14.7. The van der Waals surface area contributed by atoms with Crippen molar-refractivity contribution in [3.05, 3.63) is 75.6 Å². The largest absolute Gasteiger partial charge is 0.298 e. The first-order valence-electron chi connectivity index (χ1n) is 9.00. The number of hydrogen-bond acceptors (Lipinski definition) is 3. The number of aryl methyl sites for hydroxylation is 2. The van der Waals surface area contributed by atoms with Gasteiger partial charge in [-0.15, -0.1) is 11.3 Å². The van der Waals surface area contributed by atoms with Gasteiger partial charge in [-0.25, -0.2) is 4.98 Å². The molecule has 0 bridgehead atoms. The van der Waals surface area contributed by atoms with Crippen LogP contribution in [-0.4, -0.2) is 10.9 Å². The standard InChI is InChI=1S/C22H19ClN2OS/c23-19-10-5-15(6-11-19)7-12-21(26)25-22-24-20(14-27-22)18-9-8-16-3-1-2-4-17(16)13-18/h5-14H,1-4H2,(H,24,25,26)/b12-7+. The maximum Gasteiger partial charge on any atom is 0.250 e. The number of fused-ring (bicyclic) bond motifs is 1. The summed E-state index contributed by atoms with van der Waals surface area (Å²) in [6, 6.07) is 13.9. The lowest BCUT2D eigenvalue weighted by molar-refractivity contribution is -0.111. The van der Waals surface area contributed by atoms with Gasteiger partial charge in [0.1, 0.15) is 0 Å². The quantitative estimate of drug-likeness (QED) is 0.552. The van der Waals surface area contributed by atoms with Crippen molar-refractivity contribution in [2.75, 3.05) is 5.32 Å². The van der Waals surface area contributed by atoms with E-state index in [1.807, 2.05) is 17.5 Å². The molecule has 0 fully saturated rings. The van der Waals surface area contributed by atoms with Crippen LogP contribution < -0.4 is 5.32 Å². The molecule has 1 heterocycles. The molecule has 0 atom stereocenters. The van der Waals surface area contributed by atoms with E-state index in [-0.39, 0.29) is 5.91 Å². The average molecular weight is 395 g/mol. The number of carbonyl (C=O) groups excluding carboxylic acids is 1. The molecule has 5 heteroatoms. The normalized spacial score (nSPS) is 13.5. The van der Waals surface area contributed by atoms with Crippen molar-refractivity contribution in [2.24, 2.45) is 0 Å². The van der Waals surface area contributed by atoms with E-state index in [9.17, 15) is 4.79 Å². The van der Waals surface area contributed by atoms with E-state index < -0.39 is 0 Å². The monoisotopic (exact) mass is 394 g/mol. The van der Waals surface area contributed by atoms with Crippen molar-refractivity contribution < 1.29 is 4.79 Å². The molecule has 3 nitrogen and oxygen atoms in total. The highest BCUT2D eigenvalue weighted by Gasteiger charge is 2.12. The third kappa shape index (κ3) is 4.46. The Morgan fingerprint density at radius 1 is 1.07 bits per heavy atom. The second kappa shape index (κ2) is 8.07. The van der Waals surface area contributed by atoms with E-state index in [1.165, 1.54) is 47.8 Å². The summed E-state index contributed by atoms with van der Waals surface area (Å²) >= 11 is 7.30. The SMILES string of the molecule is O=C(/C=C/c1ccc(Cl)cc1)Nc1nc(-c2ccc3c(c2)CCCC3)cs1. The van der Waals surface area contributed by atoms with Crippen LogP contribution >= 0.6 is 22.9 Å². The smallest absolute Gasteiger partial charge is 0.250 e. The zero-order chi connectivity index (χ0) is 18.6. The topological polar surface area (TPSA) is 42.0 Å². The first-order valence-corrected chi connectivity index (χ1v) is 10.3. The van der Waals surface area contributed by atoms with Gasteiger partial charge in [-0.2, -0.15) is 0 Å². The number of nitrogens with zero attached hydrogens (tertiary/aromatic N) is 1. The van der Waals surface area contributed by atoms with Gasteiger partial charge in [-0.1, -0.05) is 35.9 Å².